The molecular weight excluding hydrogens is 936 g/mol. The first-order valence-corrected chi connectivity index (χ1v) is 23.8. The monoisotopic (exact) mass is 974 g/mol. The Morgan fingerprint density at radius 3 is 1.65 bits per heavy atom. The second-order valence-electron chi connectivity index (χ2n) is 15.1. The lowest BCUT2D eigenvalue weighted by atomic mass is 10.1. The second-order valence-corrected chi connectivity index (χ2v) is 18.6. The topological polar surface area (TPSA) is 287 Å². The molecule has 3 aliphatic rings. The molecule has 0 saturated carbocycles. The maximum atomic E-state index is 17.1. The Morgan fingerprint density at radius 1 is 0.750 bits per heavy atom. The molecule has 10 atom stereocenters. The smallest absolute Gasteiger partial charge is 0.347 e. The molecule has 0 aliphatic carbocycles. The van der Waals surface area contributed by atoms with Crippen molar-refractivity contribution in [3.8, 4) is 6.07 Å². The first-order chi connectivity index (χ1) is 33.0. The summed E-state index contributed by atoms with van der Waals surface area (Å²) in [6.07, 6.45) is -6.12. The minimum Gasteiger partial charge on any atom is -0.347 e. The number of amides is 2. The Morgan fingerprint density at radius 2 is 1.21 bits per heavy atom. The Hall–Kier alpha value is -6.54. The summed E-state index contributed by atoms with van der Waals surface area (Å²) in [6, 6.07) is 15.2. The van der Waals surface area contributed by atoms with Gasteiger partial charge in [-0.05, 0) is 24.3 Å². The molecule has 0 spiro atoms. The first kappa shape index (κ1) is 46.6. The van der Waals surface area contributed by atoms with Gasteiger partial charge >= 0.3 is 15.5 Å². The molecule has 6 aromatic rings. The predicted octanol–water partition coefficient (Wildman–Crippen LogP) is 4.69. The van der Waals surface area contributed by atoms with Gasteiger partial charge in [0.05, 0.1) is 57.0 Å². The highest BCUT2D eigenvalue weighted by atomic mass is 31.2. The molecule has 2 unspecified atom stereocenters. The van der Waals surface area contributed by atoms with Crippen molar-refractivity contribution in [3.63, 3.8) is 0 Å². The molecule has 3 aliphatic heterocycles. The number of halogens is 2. The standard InChI is InChI=1S/C40H38F2N14O10P2/c1-44-14-16-62-68(60)54-30-25(65-40(28(30)42)56-22-50-32-34(46-20-48-36(32)56)52-38(58)24-11-6-3-7-12-24)17-63-67(59,61-15-8-13-43)53-29-26(18-64-68)66-39(27(29)41)55-21-49-31-33(45-19-47-35(31)55)51-37(57)23-9-4-2-5-10-23/h2-7,9-12,19-22,25-30,39-40H,8,14-18H2,(H,53,59)(H,54,60)(H,45,47,51,57)(H,46,48,52,58)/t25-,26-,27-,28-,29-,30-,39-,40-,67?,68?/m1/s1. The molecule has 24 nitrogen and oxygen atoms in total. The number of benzene rings is 2. The molecule has 0 radical (unpaired) electrons. The van der Waals surface area contributed by atoms with E-state index in [1.54, 1.807) is 60.7 Å². The lowest BCUT2D eigenvalue weighted by Gasteiger charge is -2.31. The van der Waals surface area contributed by atoms with Gasteiger partial charge in [-0.25, -0.2) is 64.6 Å². The minimum atomic E-state index is -4.71. The molecule has 3 saturated heterocycles. The maximum Gasteiger partial charge on any atom is 0.406 e. The molecule has 68 heavy (non-hydrogen) atoms. The van der Waals surface area contributed by atoms with Crippen LogP contribution in [-0.2, 0) is 36.7 Å². The van der Waals surface area contributed by atoms with Gasteiger partial charge in [0.1, 0.15) is 31.5 Å². The van der Waals surface area contributed by atoms with E-state index in [0.717, 1.165) is 12.7 Å². The van der Waals surface area contributed by atoms with E-state index in [1.807, 2.05) is 6.07 Å². The van der Waals surface area contributed by atoms with E-state index >= 15 is 8.78 Å². The number of fused-ring (bicyclic) bond motifs is 4. The quantitative estimate of drug-likeness (QED) is 0.0735. The molecule has 352 valence electrons. The normalized spacial score (nSPS) is 28.4. The fraction of sp³-hybridized carbons (Fsp3) is 0.350. The summed E-state index contributed by atoms with van der Waals surface area (Å²) in [5, 5.41) is 19.8. The van der Waals surface area contributed by atoms with E-state index in [2.05, 4.69) is 55.6 Å². The van der Waals surface area contributed by atoms with Crippen LogP contribution in [0.25, 0.3) is 27.2 Å². The van der Waals surface area contributed by atoms with Crippen LogP contribution in [0.15, 0.2) is 86.0 Å². The van der Waals surface area contributed by atoms with E-state index in [9.17, 15) is 24.0 Å². The molecule has 7 heterocycles. The van der Waals surface area contributed by atoms with Crippen LogP contribution < -0.4 is 20.8 Å². The van der Waals surface area contributed by atoms with Crippen molar-refractivity contribution in [3.05, 3.63) is 109 Å². The molecule has 4 N–H and O–H groups in total. The van der Waals surface area contributed by atoms with Crippen molar-refractivity contribution in [1.29, 1.82) is 5.26 Å². The lowest BCUT2D eigenvalue weighted by molar-refractivity contribution is -0.0389. The molecule has 3 fully saturated rings. The van der Waals surface area contributed by atoms with Crippen LogP contribution in [-0.4, -0.2) is 120 Å². The molecule has 2 amide bonds. The van der Waals surface area contributed by atoms with Crippen molar-refractivity contribution >= 4 is 61.3 Å². The van der Waals surface area contributed by atoms with Gasteiger partial charge in [-0.2, -0.15) is 5.26 Å². The highest BCUT2D eigenvalue weighted by molar-refractivity contribution is 7.52. The van der Waals surface area contributed by atoms with E-state index in [-0.39, 0.29) is 46.9 Å². The Bertz CT molecular complexity index is 2800. The number of hydrogen-bond acceptors (Lipinski definition) is 17. The summed E-state index contributed by atoms with van der Waals surface area (Å²) in [6.45, 7) is 4.52. The SMILES string of the molecule is [C-]#[N+]CCOP1(=O)N[C@H]2[C@@H](F)[C@H](n3cnc4c(NC(=O)c5ccccc5)ncnc43)O[C@@H]2COP(=O)(OCCC#N)N[C@H]2[C@@H](F)[C@H](n3cnc4c(NC(=O)c5ccccc5)ncnc43)O[C@@H]2CO1. The number of anilines is 2. The molecular formula is C40H38F2N14O10P2. The highest BCUT2D eigenvalue weighted by Gasteiger charge is 2.54. The van der Waals surface area contributed by atoms with Crippen LogP contribution in [0.3, 0.4) is 0 Å². The van der Waals surface area contributed by atoms with Gasteiger partial charge in [-0.3, -0.25) is 36.8 Å². The third kappa shape index (κ3) is 9.60. The van der Waals surface area contributed by atoms with Gasteiger partial charge in [-0.1, -0.05) is 36.4 Å². The van der Waals surface area contributed by atoms with Gasteiger partial charge in [-0.15, -0.1) is 0 Å². The number of carbonyl (C=O) groups excluding carboxylic acids is 2. The molecule has 2 aromatic carbocycles. The Balaban J connectivity index is 1.01. The second kappa shape index (κ2) is 20.0. The fourth-order valence-corrected chi connectivity index (χ4v) is 10.8. The van der Waals surface area contributed by atoms with Gasteiger partial charge in [0.15, 0.2) is 58.8 Å². The van der Waals surface area contributed by atoms with E-state index < -0.39 is 103 Å². The number of hydrogen-bond donors (Lipinski definition) is 4. The van der Waals surface area contributed by atoms with E-state index in [0.29, 0.717) is 11.1 Å². The summed E-state index contributed by atoms with van der Waals surface area (Å²) in [4.78, 5) is 54.6. The van der Waals surface area contributed by atoms with Crippen molar-refractivity contribution < 1.29 is 55.1 Å². The lowest BCUT2D eigenvalue weighted by Crippen LogP contribution is -2.47. The zero-order valence-electron chi connectivity index (χ0n) is 35.1. The minimum absolute atomic E-state index is 0.00378. The number of carbonyl (C=O) groups is 2. The van der Waals surface area contributed by atoms with Gasteiger partial charge in [0.2, 0.25) is 6.54 Å². The number of nitrogens with zero attached hydrogens (tertiary/aromatic N) is 10. The Kier molecular flexibility index (Phi) is 13.7. The van der Waals surface area contributed by atoms with E-state index in [4.69, 9.17) is 34.1 Å². The number of aromatic nitrogens is 8. The molecule has 0 bridgehead atoms. The van der Waals surface area contributed by atoms with Crippen LogP contribution in [0.4, 0.5) is 20.4 Å². The van der Waals surface area contributed by atoms with Gasteiger partial charge in [0.25, 0.3) is 11.8 Å². The summed E-state index contributed by atoms with van der Waals surface area (Å²) < 4.78 is 101. The van der Waals surface area contributed by atoms with Crippen molar-refractivity contribution in [1.82, 2.24) is 49.2 Å². The van der Waals surface area contributed by atoms with Gasteiger partial charge < -0.3 is 25.0 Å². The summed E-state index contributed by atoms with van der Waals surface area (Å²) in [5.74, 6) is -0.997. The van der Waals surface area contributed by atoms with Crippen molar-refractivity contribution in [2.45, 2.75) is 55.5 Å². The highest BCUT2D eigenvalue weighted by Crippen LogP contribution is 2.52. The third-order valence-corrected chi connectivity index (χ3v) is 14.1. The van der Waals surface area contributed by atoms with Crippen LogP contribution in [0.2, 0.25) is 0 Å². The molecule has 4 aromatic heterocycles. The summed E-state index contributed by atoms with van der Waals surface area (Å²) in [7, 11) is -9.42. The van der Waals surface area contributed by atoms with Gasteiger partial charge in [0, 0.05) is 11.1 Å². The first-order valence-electron chi connectivity index (χ1n) is 20.7. The number of nitriles is 1. The van der Waals surface area contributed by atoms with Crippen LogP contribution in [0.5, 0.6) is 0 Å². The number of nitrogens with one attached hydrogen (secondary N) is 4. The van der Waals surface area contributed by atoms with Crippen LogP contribution in [0, 0.1) is 17.9 Å². The van der Waals surface area contributed by atoms with Crippen LogP contribution >= 0.6 is 15.5 Å². The van der Waals surface area contributed by atoms with Crippen molar-refractivity contribution in [2.75, 3.05) is 43.6 Å². The predicted molar refractivity (Wildman–Crippen MR) is 232 cm³/mol. The number of imidazole rings is 2. The van der Waals surface area contributed by atoms with Crippen molar-refractivity contribution in [2.24, 2.45) is 0 Å². The molecule has 28 heteroatoms. The summed E-state index contributed by atoms with van der Waals surface area (Å²) in [5.41, 5.74) is 0.832. The number of ether oxygens (including phenoxy) is 2. The average Bonchev–Trinajstić information content (AvgIpc) is 4.12. The maximum absolute atomic E-state index is 17.1. The van der Waals surface area contributed by atoms with Crippen LogP contribution in [0.1, 0.15) is 39.6 Å². The number of rotatable bonds is 12. The fourth-order valence-electron chi connectivity index (χ4n) is 7.62. The third-order valence-electron chi connectivity index (χ3n) is 10.8. The summed E-state index contributed by atoms with van der Waals surface area (Å²) >= 11 is 0. The zero-order chi connectivity index (χ0) is 47.4. The van der Waals surface area contributed by atoms with E-state index in [1.165, 1.54) is 21.8 Å². The molecule has 9 rings (SSSR count). The average molecular weight is 975 g/mol. The largest absolute Gasteiger partial charge is 0.406 e. The number of alkyl halides is 2. The Labute approximate surface area is 383 Å². The zero-order valence-corrected chi connectivity index (χ0v) is 36.9.